The molecule has 0 amide bonds. The van der Waals surface area contributed by atoms with Crippen molar-refractivity contribution in [3.05, 3.63) is 21.3 Å². The lowest BCUT2D eigenvalue weighted by Crippen LogP contribution is -2.34. The van der Waals surface area contributed by atoms with Crippen LogP contribution in [0.3, 0.4) is 0 Å². The largest absolute Gasteiger partial charge is 0.383 e. The molecule has 0 saturated carbocycles. The molecule has 1 heterocycles. The molecule has 4 heteroatoms. The SMILES string of the molecule is CCC(COC)NC(C)c1csc(Cl)c1. The van der Waals surface area contributed by atoms with Crippen LogP contribution in [-0.2, 0) is 4.74 Å². The third kappa shape index (κ3) is 4.11. The Bertz CT molecular complexity index is 290. The molecule has 0 aliphatic rings. The van der Waals surface area contributed by atoms with Gasteiger partial charge in [0.05, 0.1) is 10.9 Å². The molecule has 0 radical (unpaired) electrons. The molecular weight excluding hydrogens is 230 g/mol. The van der Waals surface area contributed by atoms with Gasteiger partial charge in [0.15, 0.2) is 0 Å². The first-order chi connectivity index (χ1) is 7.17. The van der Waals surface area contributed by atoms with Gasteiger partial charge in [0, 0.05) is 19.2 Å². The van der Waals surface area contributed by atoms with Gasteiger partial charge in [-0.15, -0.1) is 11.3 Å². The molecule has 1 N–H and O–H groups in total. The number of thiophene rings is 1. The fourth-order valence-corrected chi connectivity index (χ4v) is 2.47. The summed E-state index contributed by atoms with van der Waals surface area (Å²) in [5.41, 5.74) is 1.25. The van der Waals surface area contributed by atoms with E-state index in [9.17, 15) is 0 Å². The van der Waals surface area contributed by atoms with E-state index >= 15 is 0 Å². The van der Waals surface area contributed by atoms with Crippen LogP contribution in [0.1, 0.15) is 31.9 Å². The van der Waals surface area contributed by atoms with E-state index in [1.54, 1.807) is 18.4 Å². The summed E-state index contributed by atoms with van der Waals surface area (Å²) >= 11 is 7.48. The van der Waals surface area contributed by atoms with E-state index in [1.807, 2.05) is 6.07 Å². The van der Waals surface area contributed by atoms with E-state index < -0.39 is 0 Å². The first-order valence-corrected chi connectivity index (χ1v) is 6.42. The lowest BCUT2D eigenvalue weighted by molar-refractivity contribution is 0.159. The predicted octanol–water partition coefficient (Wildman–Crippen LogP) is 3.48. The van der Waals surface area contributed by atoms with Crippen LogP contribution in [0.25, 0.3) is 0 Å². The number of ether oxygens (including phenoxy) is 1. The molecule has 2 nitrogen and oxygen atoms in total. The van der Waals surface area contributed by atoms with Crippen molar-refractivity contribution in [2.75, 3.05) is 13.7 Å². The minimum Gasteiger partial charge on any atom is -0.383 e. The lowest BCUT2D eigenvalue weighted by Gasteiger charge is -2.21. The standard InChI is InChI=1S/C11H18ClNOS/c1-4-10(6-14-3)13-8(2)9-5-11(12)15-7-9/h5,7-8,10,13H,4,6H2,1-3H3. The maximum atomic E-state index is 5.90. The van der Waals surface area contributed by atoms with Crippen molar-refractivity contribution >= 4 is 22.9 Å². The van der Waals surface area contributed by atoms with E-state index in [0.717, 1.165) is 17.4 Å². The van der Waals surface area contributed by atoms with E-state index in [1.165, 1.54) is 5.56 Å². The molecule has 0 saturated heterocycles. The summed E-state index contributed by atoms with van der Waals surface area (Å²) in [4.78, 5) is 0. The van der Waals surface area contributed by atoms with Crippen LogP contribution < -0.4 is 5.32 Å². The lowest BCUT2D eigenvalue weighted by atomic mass is 10.1. The number of methoxy groups -OCH3 is 1. The predicted molar refractivity (Wildman–Crippen MR) is 66.8 cm³/mol. The monoisotopic (exact) mass is 247 g/mol. The maximum Gasteiger partial charge on any atom is 0.0931 e. The Labute approximate surface area is 101 Å². The highest BCUT2D eigenvalue weighted by Crippen LogP contribution is 2.24. The fraction of sp³-hybridized carbons (Fsp3) is 0.636. The van der Waals surface area contributed by atoms with Gasteiger partial charge in [0.25, 0.3) is 0 Å². The summed E-state index contributed by atoms with van der Waals surface area (Å²) in [6.07, 6.45) is 1.07. The topological polar surface area (TPSA) is 21.3 Å². The van der Waals surface area contributed by atoms with Gasteiger partial charge in [-0.25, -0.2) is 0 Å². The molecule has 0 bridgehead atoms. The van der Waals surface area contributed by atoms with Crippen molar-refractivity contribution in [1.29, 1.82) is 0 Å². The van der Waals surface area contributed by atoms with E-state index in [0.29, 0.717) is 12.1 Å². The van der Waals surface area contributed by atoms with Crippen LogP contribution in [-0.4, -0.2) is 19.8 Å². The number of rotatable bonds is 6. The molecule has 86 valence electrons. The first kappa shape index (κ1) is 13.0. The summed E-state index contributed by atoms with van der Waals surface area (Å²) < 4.78 is 6.00. The minimum atomic E-state index is 0.328. The third-order valence-corrected chi connectivity index (χ3v) is 3.54. The second-order valence-corrected chi connectivity index (χ2v) is 5.18. The van der Waals surface area contributed by atoms with Crippen molar-refractivity contribution in [2.45, 2.75) is 32.4 Å². The minimum absolute atomic E-state index is 0.328. The quantitative estimate of drug-likeness (QED) is 0.831. The second-order valence-electron chi connectivity index (χ2n) is 3.63. The molecule has 0 fully saturated rings. The van der Waals surface area contributed by atoms with Crippen LogP contribution in [0.4, 0.5) is 0 Å². The normalized spacial score (nSPS) is 15.2. The average molecular weight is 248 g/mol. The van der Waals surface area contributed by atoms with Crippen LogP contribution in [0.2, 0.25) is 4.34 Å². The average Bonchev–Trinajstić information content (AvgIpc) is 2.64. The summed E-state index contributed by atoms with van der Waals surface area (Å²) in [5, 5.41) is 5.62. The summed E-state index contributed by atoms with van der Waals surface area (Å²) in [7, 11) is 1.73. The van der Waals surface area contributed by atoms with Gasteiger partial charge in [-0.3, -0.25) is 0 Å². The number of hydrogen-bond donors (Lipinski definition) is 1. The Balaban J connectivity index is 2.50. The highest BCUT2D eigenvalue weighted by atomic mass is 35.5. The number of halogens is 1. The highest BCUT2D eigenvalue weighted by Gasteiger charge is 2.12. The zero-order valence-electron chi connectivity index (χ0n) is 9.42. The number of nitrogens with one attached hydrogen (secondary N) is 1. The molecule has 2 atom stereocenters. The Morgan fingerprint density at radius 2 is 2.33 bits per heavy atom. The summed E-state index contributed by atoms with van der Waals surface area (Å²) in [5.74, 6) is 0. The highest BCUT2D eigenvalue weighted by molar-refractivity contribution is 7.14. The molecule has 0 aromatic carbocycles. The number of hydrogen-bond acceptors (Lipinski definition) is 3. The first-order valence-electron chi connectivity index (χ1n) is 5.16. The van der Waals surface area contributed by atoms with E-state index in [-0.39, 0.29) is 0 Å². The second kappa shape index (κ2) is 6.48. The van der Waals surface area contributed by atoms with Gasteiger partial charge in [0.2, 0.25) is 0 Å². The molecule has 1 rings (SSSR count). The van der Waals surface area contributed by atoms with Crippen LogP contribution in [0, 0.1) is 0 Å². The van der Waals surface area contributed by atoms with Crippen molar-refractivity contribution in [2.24, 2.45) is 0 Å². The Hall–Kier alpha value is -0.0900. The van der Waals surface area contributed by atoms with Gasteiger partial charge < -0.3 is 10.1 Å². The van der Waals surface area contributed by atoms with Crippen molar-refractivity contribution in [1.82, 2.24) is 5.32 Å². The zero-order chi connectivity index (χ0) is 11.3. The van der Waals surface area contributed by atoms with Gasteiger partial charge >= 0.3 is 0 Å². The van der Waals surface area contributed by atoms with Crippen LogP contribution >= 0.6 is 22.9 Å². The van der Waals surface area contributed by atoms with Crippen LogP contribution in [0.5, 0.6) is 0 Å². The third-order valence-electron chi connectivity index (χ3n) is 2.43. The van der Waals surface area contributed by atoms with Gasteiger partial charge in [0.1, 0.15) is 0 Å². The Morgan fingerprint density at radius 3 is 2.80 bits per heavy atom. The molecular formula is C11H18ClNOS. The van der Waals surface area contributed by atoms with Crippen molar-refractivity contribution < 1.29 is 4.74 Å². The Morgan fingerprint density at radius 1 is 1.60 bits per heavy atom. The summed E-state index contributed by atoms with van der Waals surface area (Å²) in [6.45, 7) is 5.05. The molecule has 0 aliphatic heterocycles. The molecule has 1 aromatic heterocycles. The Kier molecular flexibility index (Phi) is 5.61. The fourth-order valence-electron chi connectivity index (χ4n) is 1.49. The molecule has 0 spiro atoms. The van der Waals surface area contributed by atoms with Crippen LogP contribution in [0.15, 0.2) is 11.4 Å². The summed E-state index contributed by atoms with van der Waals surface area (Å²) in [6, 6.07) is 2.75. The van der Waals surface area contributed by atoms with E-state index in [4.69, 9.17) is 16.3 Å². The maximum absolute atomic E-state index is 5.90. The zero-order valence-corrected chi connectivity index (χ0v) is 11.0. The smallest absolute Gasteiger partial charge is 0.0931 e. The molecule has 1 aromatic rings. The van der Waals surface area contributed by atoms with E-state index in [2.05, 4.69) is 24.5 Å². The van der Waals surface area contributed by atoms with Gasteiger partial charge in [-0.2, -0.15) is 0 Å². The van der Waals surface area contributed by atoms with Crippen molar-refractivity contribution in [3.8, 4) is 0 Å². The van der Waals surface area contributed by atoms with Gasteiger partial charge in [-0.1, -0.05) is 18.5 Å². The molecule has 15 heavy (non-hydrogen) atoms. The molecule has 0 aliphatic carbocycles. The van der Waals surface area contributed by atoms with Gasteiger partial charge in [-0.05, 0) is 30.4 Å². The van der Waals surface area contributed by atoms with Crippen molar-refractivity contribution in [3.63, 3.8) is 0 Å². The molecule has 2 unspecified atom stereocenters.